The summed E-state index contributed by atoms with van der Waals surface area (Å²) >= 11 is 0. The molecule has 1 saturated carbocycles. The summed E-state index contributed by atoms with van der Waals surface area (Å²) in [6.07, 6.45) is 5.11. The first kappa shape index (κ1) is 30.2. The minimum atomic E-state index is -5.08. The van der Waals surface area contributed by atoms with Gasteiger partial charge in [0.1, 0.15) is 12.1 Å². The Morgan fingerprint density at radius 1 is 1.05 bits per heavy atom. The Morgan fingerprint density at radius 2 is 1.73 bits per heavy atom. The molecule has 5 aliphatic rings. The van der Waals surface area contributed by atoms with Crippen molar-refractivity contribution in [3.8, 4) is 0 Å². The molecule has 4 saturated heterocycles. The van der Waals surface area contributed by atoms with Crippen LogP contribution in [0, 0.1) is 12.9 Å². The number of aromatic nitrogens is 1. The van der Waals surface area contributed by atoms with Crippen LogP contribution in [0.15, 0.2) is 12.3 Å². The van der Waals surface area contributed by atoms with Crippen LogP contribution in [-0.4, -0.2) is 87.8 Å². The number of carboxylic acid groups (broad SMARTS) is 1. The van der Waals surface area contributed by atoms with Gasteiger partial charge in [-0.15, -0.1) is 0 Å². The molecule has 4 aliphatic heterocycles. The minimum absolute atomic E-state index is 0.0554. The summed E-state index contributed by atoms with van der Waals surface area (Å²) in [5, 5.41) is 10.4. The monoisotopic (exact) mass is 572 g/mol. The van der Waals surface area contributed by atoms with E-state index in [-0.39, 0.29) is 36.0 Å². The molecule has 13 heteroatoms. The molecule has 2 N–H and O–H groups in total. The standard InChI is InChI=1S/C25H35FN4O3.C2HF3O2/c1-16-20(11-12-27-23(16)26)22(24(31)28-17-6-3-2-4-7-17)29-14-19-10-9-18(29)15-30(19)25(32)21-8-5-13-33-21;3-2(4,5)1(6)7/h11-12,17-19,21-22H,2-10,13-15H2,1H3,(H,28,31);(H,6,7)/t18?,19?,21-,22?;/m0./s1. The predicted molar refractivity (Wildman–Crippen MR) is 135 cm³/mol. The molecular weight excluding hydrogens is 536 g/mol. The van der Waals surface area contributed by atoms with Crippen molar-refractivity contribution in [1.82, 2.24) is 20.1 Å². The molecule has 9 nitrogen and oxygen atoms in total. The Balaban J connectivity index is 0.000000470. The maximum Gasteiger partial charge on any atom is 0.490 e. The van der Waals surface area contributed by atoms with Gasteiger partial charge in [-0.2, -0.15) is 17.6 Å². The first-order valence-electron chi connectivity index (χ1n) is 13.9. The smallest absolute Gasteiger partial charge is 0.475 e. The molecule has 1 aromatic heterocycles. The molecule has 2 bridgehead atoms. The van der Waals surface area contributed by atoms with Crippen molar-refractivity contribution in [2.24, 2.45) is 0 Å². The van der Waals surface area contributed by atoms with Crippen LogP contribution in [0.1, 0.15) is 75.0 Å². The van der Waals surface area contributed by atoms with E-state index in [1.54, 1.807) is 13.0 Å². The molecule has 4 atom stereocenters. The van der Waals surface area contributed by atoms with E-state index in [0.29, 0.717) is 30.8 Å². The summed E-state index contributed by atoms with van der Waals surface area (Å²) in [6.45, 7) is 3.58. The normalized spacial score (nSPS) is 26.1. The number of piperidine rings is 2. The zero-order valence-electron chi connectivity index (χ0n) is 22.5. The van der Waals surface area contributed by atoms with Crippen LogP contribution >= 0.6 is 0 Å². The van der Waals surface area contributed by atoms with Crippen LogP contribution in [0.5, 0.6) is 0 Å². The second-order valence-corrected chi connectivity index (χ2v) is 10.9. The van der Waals surface area contributed by atoms with Gasteiger partial charge >= 0.3 is 12.1 Å². The molecule has 6 rings (SSSR count). The van der Waals surface area contributed by atoms with Gasteiger partial charge in [-0.25, -0.2) is 9.78 Å². The largest absolute Gasteiger partial charge is 0.490 e. The van der Waals surface area contributed by atoms with Gasteiger partial charge in [-0.3, -0.25) is 14.5 Å². The van der Waals surface area contributed by atoms with Crippen molar-refractivity contribution in [3.63, 3.8) is 0 Å². The summed E-state index contributed by atoms with van der Waals surface area (Å²) < 4.78 is 51.8. The number of carboxylic acids is 1. The highest BCUT2D eigenvalue weighted by molar-refractivity contribution is 5.84. The summed E-state index contributed by atoms with van der Waals surface area (Å²) in [5.41, 5.74) is 1.11. The fourth-order valence-electron chi connectivity index (χ4n) is 6.22. The number of hydrogen-bond acceptors (Lipinski definition) is 6. The van der Waals surface area contributed by atoms with E-state index in [4.69, 9.17) is 14.6 Å². The quantitative estimate of drug-likeness (QED) is 0.410. The molecule has 0 spiro atoms. The maximum absolute atomic E-state index is 14.4. The number of aliphatic carboxylic acids is 1. The number of nitrogens with one attached hydrogen (secondary N) is 1. The molecule has 222 valence electrons. The van der Waals surface area contributed by atoms with Crippen molar-refractivity contribution in [2.45, 2.75) is 101 Å². The molecule has 5 fully saturated rings. The number of hydrogen-bond donors (Lipinski definition) is 2. The lowest BCUT2D eigenvalue weighted by Crippen LogP contribution is -2.66. The van der Waals surface area contributed by atoms with Crippen molar-refractivity contribution >= 4 is 17.8 Å². The van der Waals surface area contributed by atoms with Gasteiger partial charge in [0.15, 0.2) is 0 Å². The van der Waals surface area contributed by atoms with Crippen molar-refractivity contribution < 1.29 is 41.8 Å². The Hall–Kier alpha value is -2.80. The van der Waals surface area contributed by atoms with Crippen LogP contribution in [-0.2, 0) is 19.1 Å². The molecule has 3 unspecified atom stereocenters. The minimum Gasteiger partial charge on any atom is -0.475 e. The number of nitrogens with zero attached hydrogens (tertiary/aromatic N) is 3. The fraction of sp³-hybridized carbons (Fsp3) is 0.704. The number of pyridine rings is 1. The van der Waals surface area contributed by atoms with Crippen LogP contribution in [0.25, 0.3) is 0 Å². The zero-order valence-corrected chi connectivity index (χ0v) is 22.5. The SMILES string of the molecule is Cc1c(C(C(=O)NC2CCCCC2)N2CC3CCC2CN3C(=O)[C@@H]2CCCO2)ccnc1F.O=C(O)C(F)(F)F. The molecule has 5 heterocycles. The maximum atomic E-state index is 14.4. The van der Waals surface area contributed by atoms with Gasteiger partial charge in [0.25, 0.3) is 5.91 Å². The number of halogens is 4. The van der Waals surface area contributed by atoms with Gasteiger partial charge in [0, 0.05) is 49.6 Å². The van der Waals surface area contributed by atoms with Gasteiger partial charge < -0.3 is 20.1 Å². The summed E-state index contributed by atoms with van der Waals surface area (Å²) in [5.74, 6) is -3.25. The number of amides is 2. The second-order valence-electron chi connectivity index (χ2n) is 10.9. The van der Waals surface area contributed by atoms with Gasteiger partial charge in [-0.1, -0.05) is 19.3 Å². The summed E-state index contributed by atoms with van der Waals surface area (Å²) in [4.78, 5) is 43.6. The third-order valence-electron chi connectivity index (χ3n) is 8.31. The fourth-order valence-corrected chi connectivity index (χ4v) is 6.22. The van der Waals surface area contributed by atoms with Crippen LogP contribution < -0.4 is 5.32 Å². The molecule has 0 radical (unpaired) electrons. The highest BCUT2D eigenvalue weighted by atomic mass is 19.4. The first-order valence-corrected chi connectivity index (χ1v) is 13.9. The Kier molecular flexibility index (Phi) is 9.65. The Bertz CT molecular complexity index is 1080. The lowest BCUT2D eigenvalue weighted by Gasteiger charge is -2.54. The Labute approximate surface area is 230 Å². The van der Waals surface area contributed by atoms with E-state index in [9.17, 15) is 27.2 Å². The molecule has 2 amide bonds. The van der Waals surface area contributed by atoms with E-state index >= 15 is 0 Å². The lowest BCUT2D eigenvalue weighted by molar-refractivity contribution is -0.192. The summed E-state index contributed by atoms with van der Waals surface area (Å²) in [7, 11) is 0. The Morgan fingerprint density at radius 3 is 2.30 bits per heavy atom. The predicted octanol–water partition coefficient (Wildman–Crippen LogP) is 3.51. The first-order chi connectivity index (χ1) is 19.0. The van der Waals surface area contributed by atoms with Gasteiger partial charge in [0.05, 0.1) is 0 Å². The number of piperazine rings is 1. The number of alkyl halides is 3. The number of carbonyl (C=O) groups is 3. The second kappa shape index (κ2) is 12.8. The van der Waals surface area contributed by atoms with Crippen molar-refractivity contribution in [2.75, 3.05) is 19.7 Å². The third kappa shape index (κ3) is 6.91. The van der Waals surface area contributed by atoms with E-state index in [1.165, 1.54) is 12.6 Å². The topological polar surface area (TPSA) is 112 Å². The highest BCUT2D eigenvalue weighted by Crippen LogP contribution is 2.37. The van der Waals surface area contributed by atoms with Crippen molar-refractivity contribution in [1.29, 1.82) is 0 Å². The van der Waals surface area contributed by atoms with E-state index < -0.39 is 24.1 Å². The molecule has 1 aliphatic carbocycles. The van der Waals surface area contributed by atoms with Gasteiger partial charge in [-0.05, 0) is 57.1 Å². The molecular formula is C27H36F4N4O5. The molecule has 1 aromatic rings. The van der Waals surface area contributed by atoms with Crippen molar-refractivity contribution in [3.05, 3.63) is 29.3 Å². The number of carbonyl (C=O) groups excluding carboxylic acids is 2. The highest BCUT2D eigenvalue weighted by Gasteiger charge is 2.47. The van der Waals surface area contributed by atoms with Crippen LogP contribution in [0.3, 0.4) is 0 Å². The van der Waals surface area contributed by atoms with E-state index in [1.807, 2.05) is 4.90 Å². The van der Waals surface area contributed by atoms with Crippen LogP contribution in [0.2, 0.25) is 0 Å². The third-order valence-corrected chi connectivity index (χ3v) is 8.31. The number of fused-ring (bicyclic) bond motifs is 3. The van der Waals surface area contributed by atoms with Gasteiger partial charge in [0.2, 0.25) is 11.9 Å². The lowest BCUT2D eigenvalue weighted by atomic mass is 9.86. The number of rotatable bonds is 5. The molecule has 40 heavy (non-hydrogen) atoms. The van der Waals surface area contributed by atoms with E-state index in [2.05, 4.69) is 15.2 Å². The van der Waals surface area contributed by atoms with E-state index in [0.717, 1.165) is 51.4 Å². The summed E-state index contributed by atoms with van der Waals surface area (Å²) in [6, 6.07) is 1.51. The zero-order chi connectivity index (χ0) is 29.0. The average Bonchev–Trinajstić information content (AvgIpc) is 3.47. The van der Waals surface area contributed by atoms with Crippen LogP contribution in [0.4, 0.5) is 17.6 Å². The number of ether oxygens (including phenoxy) is 1. The molecule has 0 aromatic carbocycles. The average molecular weight is 573 g/mol.